The zero-order chi connectivity index (χ0) is 12.3. The summed E-state index contributed by atoms with van der Waals surface area (Å²) in [5.41, 5.74) is 4.66. The van der Waals surface area contributed by atoms with Gasteiger partial charge in [0.2, 0.25) is 0 Å². The van der Waals surface area contributed by atoms with Gasteiger partial charge in [-0.05, 0) is 52.9 Å². The maximum atomic E-state index is 5.88. The van der Waals surface area contributed by atoms with Gasteiger partial charge in [0.25, 0.3) is 0 Å². The average molecular weight is 267 g/mol. The van der Waals surface area contributed by atoms with Crippen LogP contribution in [0.15, 0.2) is 29.0 Å². The quantitative estimate of drug-likeness (QED) is 0.730. The molecule has 3 heteroatoms. The largest absolute Gasteiger partial charge is 0.488 e. The van der Waals surface area contributed by atoms with Crippen LogP contribution in [-0.4, -0.2) is 0 Å². The molecule has 0 aliphatic rings. The Morgan fingerprint density at radius 2 is 1.88 bits per heavy atom. The van der Waals surface area contributed by atoms with Crippen molar-refractivity contribution in [1.29, 1.82) is 0 Å². The summed E-state index contributed by atoms with van der Waals surface area (Å²) in [6.45, 7) is 4.75. The van der Waals surface area contributed by atoms with Gasteiger partial charge in [-0.25, -0.2) is 0 Å². The monoisotopic (exact) mass is 266 g/mol. The number of benzene rings is 1. The maximum Gasteiger partial charge on any atom is 0.125 e. The SMILES string of the molecule is Cc1cc(CCl)cc(C)c1OCc1ccsc1. The molecule has 1 heterocycles. The lowest BCUT2D eigenvalue weighted by Crippen LogP contribution is -1.98. The van der Waals surface area contributed by atoms with Crippen molar-refractivity contribution in [2.24, 2.45) is 0 Å². The molecule has 17 heavy (non-hydrogen) atoms. The lowest BCUT2D eigenvalue weighted by molar-refractivity contribution is 0.302. The minimum absolute atomic E-state index is 0.548. The summed E-state index contributed by atoms with van der Waals surface area (Å²) in [5.74, 6) is 1.53. The Hall–Kier alpha value is -0.990. The highest BCUT2D eigenvalue weighted by Crippen LogP contribution is 2.26. The molecule has 0 radical (unpaired) electrons. The first kappa shape index (κ1) is 12.5. The van der Waals surface area contributed by atoms with Gasteiger partial charge in [0.1, 0.15) is 12.4 Å². The van der Waals surface area contributed by atoms with Crippen molar-refractivity contribution in [1.82, 2.24) is 0 Å². The van der Waals surface area contributed by atoms with Gasteiger partial charge in [-0.2, -0.15) is 11.3 Å². The summed E-state index contributed by atoms with van der Waals surface area (Å²) in [7, 11) is 0. The van der Waals surface area contributed by atoms with Crippen LogP contribution in [-0.2, 0) is 12.5 Å². The Labute approximate surface area is 111 Å². The van der Waals surface area contributed by atoms with E-state index < -0.39 is 0 Å². The van der Waals surface area contributed by atoms with E-state index in [0.717, 1.165) is 22.4 Å². The van der Waals surface area contributed by atoms with Crippen LogP contribution in [0.2, 0.25) is 0 Å². The molecule has 0 aliphatic heterocycles. The number of thiophene rings is 1. The highest BCUT2D eigenvalue weighted by atomic mass is 35.5. The molecule has 0 bridgehead atoms. The van der Waals surface area contributed by atoms with Crippen molar-refractivity contribution in [3.8, 4) is 5.75 Å². The molecule has 0 saturated carbocycles. The first-order chi connectivity index (χ1) is 8.20. The molecular formula is C14H15ClOS. The fourth-order valence-electron chi connectivity index (χ4n) is 1.88. The second-order valence-electron chi connectivity index (χ2n) is 4.11. The predicted molar refractivity (Wildman–Crippen MR) is 74.1 cm³/mol. The van der Waals surface area contributed by atoms with Gasteiger partial charge in [0.15, 0.2) is 0 Å². The Morgan fingerprint density at radius 1 is 1.18 bits per heavy atom. The summed E-state index contributed by atoms with van der Waals surface area (Å²) < 4.78 is 5.88. The van der Waals surface area contributed by atoms with E-state index in [9.17, 15) is 0 Å². The van der Waals surface area contributed by atoms with E-state index >= 15 is 0 Å². The van der Waals surface area contributed by atoms with Gasteiger partial charge in [0, 0.05) is 5.88 Å². The maximum absolute atomic E-state index is 5.88. The predicted octanol–water partition coefficient (Wildman–Crippen LogP) is 4.68. The van der Waals surface area contributed by atoms with Gasteiger partial charge in [-0.3, -0.25) is 0 Å². The molecule has 0 atom stereocenters. The van der Waals surface area contributed by atoms with E-state index in [1.807, 2.05) is 0 Å². The smallest absolute Gasteiger partial charge is 0.125 e. The first-order valence-electron chi connectivity index (χ1n) is 5.50. The second-order valence-corrected chi connectivity index (χ2v) is 5.16. The highest BCUT2D eigenvalue weighted by molar-refractivity contribution is 7.07. The van der Waals surface area contributed by atoms with E-state index in [1.165, 1.54) is 5.56 Å². The fraction of sp³-hybridized carbons (Fsp3) is 0.286. The minimum Gasteiger partial charge on any atom is -0.488 e. The molecule has 0 saturated heterocycles. The van der Waals surface area contributed by atoms with E-state index in [2.05, 4.69) is 42.8 Å². The van der Waals surface area contributed by atoms with Crippen LogP contribution in [0.4, 0.5) is 0 Å². The molecule has 1 aromatic carbocycles. The van der Waals surface area contributed by atoms with Gasteiger partial charge in [-0.1, -0.05) is 12.1 Å². The van der Waals surface area contributed by atoms with Crippen molar-refractivity contribution in [2.75, 3.05) is 0 Å². The lowest BCUT2D eigenvalue weighted by Gasteiger charge is -2.13. The third-order valence-electron chi connectivity index (χ3n) is 2.64. The molecule has 0 fully saturated rings. The molecule has 1 aromatic heterocycles. The summed E-state index contributed by atoms with van der Waals surface area (Å²) in [6, 6.07) is 6.26. The Morgan fingerprint density at radius 3 is 2.41 bits per heavy atom. The number of hydrogen-bond donors (Lipinski definition) is 0. The van der Waals surface area contributed by atoms with Crippen LogP contribution < -0.4 is 4.74 Å². The summed E-state index contributed by atoms with van der Waals surface area (Å²) in [6.07, 6.45) is 0. The van der Waals surface area contributed by atoms with Gasteiger partial charge in [0.05, 0.1) is 0 Å². The average Bonchev–Trinajstić information content (AvgIpc) is 2.80. The van der Waals surface area contributed by atoms with Crippen LogP contribution in [0.5, 0.6) is 5.75 Å². The lowest BCUT2D eigenvalue weighted by atomic mass is 10.1. The zero-order valence-corrected chi connectivity index (χ0v) is 11.6. The fourth-order valence-corrected chi connectivity index (χ4v) is 2.68. The molecule has 2 rings (SSSR count). The topological polar surface area (TPSA) is 9.23 Å². The van der Waals surface area contributed by atoms with Crippen LogP contribution in [0.25, 0.3) is 0 Å². The van der Waals surface area contributed by atoms with Crippen LogP contribution in [0.1, 0.15) is 22.3 Å². The number of rotatable bonds is 4. The standard InChI is InChI=1S/C14H15ClOS/c1-10-5-13(7-15)6-11(2)14(10)16-8-12-3-4-17-9-12/h3-6,9H,7-8H2,1-2H3. The van der Waals surface area contributed by atoms with E-state index in [0.29, 0.717) is 12.5 Å². The van der Waals surface area contributed by atoms with Crippen molar-refractivity contribution < 1.29 is 4.74 Å². The van der Waals surface area contributed by atoms with Gasteiger partial charge in [-0.15, -0.1) is 11.6 Å². The van der Waals surface area contributed by atoms with Crippen molar-refractivity contribution in [2.45, 2.75) is 26.3 Å². The molecule has 2 aromatic rings. The third kappa shape index (κ3) is 3.02. The third-order valence-corrected chi connectivity index (χ3v) is 3.68. The molecule has 0 N–H and O–H groups in total. The highest BCUT2D eigenvalue weighted by Gasteiger charge is 2.06. The molecule has 0 unspecified atom stereocenters. The minimum atomic E-state index is 0.548. The second kappa shape index (κ2) is 5.56. The van der Waals surface area contributed by atoms with Crippen LogP contribution in [0, 0.1) is 13.8 Å². The Kier molecular flexibility index (Phi) is 4.08. The van der Waals surface area contributed by atoms with Crippen LogP contribution >= 0.6 is 22.9 Å². The van der Waals surface area contributed by atoms with Crippen molar-refractivity contribution in [3.63, 3.8) is 0 Å². The van der Waals surface area contributed by atoms with Crippen molar-refractivity contribution in [3.05, 3.63) is 51.2 Å². The number of alkyl halides is 1. The van der Waals surface area contributed by atoms with E-state index in [4.69, 9.17) is 16.3 Å². The van der Waals surface area contributed by atoms with Crippen LogP contribution in [0.3, 0.4) is 0 Å². The zero-order valence-electron chi connectivity index (χ0n) is 10.00. The van der Waals surface area contributed by atoms with E-state index in [-0.39, 0.29) is 0 Å². The van der Waals surface area contributed by atoms with Gasteiger partial charge < -0.3 is 4.74 Å². The first-order valence-corrected chi connectivity index (χ1v) is 6.98. The normalized spacial score (nSPS) is 10.5. The molecule has 0 amide bonds. The number of ether oxygens (including phenoxy) is 1. The molecule has 0 spiro atoms. The molecule has 1 nitrogen and oxygen atoms in total. The molecule has 0 aliphatic carbocycles. The van der Waals surface area contributed by atoms with Gasteiger partial charge >= 0.3 is 0 Å². The Bertz CT molecular complexity index is 468. The number of aryl methyl sites for hydroxylation is 2. The number of halogens is 1. The summed E-state index contributed by atoms with van der Waals surface area (Å²) in [4.78, 5) is 0. The summed E-state index contributed by atoms with van der Waals surface area (Å²) >= 11 is 7.53. The molecular weight excluding hydrogens is 252 g/mol. The summed E-state index contributed by atoms with van der Waals surface area (Å²) in [5, 5.41) is 4.17. The van der Waals surface area contributed by atoms with E-state index in [1.54, 1.807) is 11.3 Å². The molecule has 90 valence electrons. The number of hydrogen-bond acceptors (Lipinski definition) is 2. The Balaban J connectivity index is 2.15. The van der Waals surface area contributed by atoms with Crippen molar-refractivity contribution >= 4 is 22.9 Å².